The number of hydrogen-bond donors (Lipinski definition) is 2. The molecule has 20 heavy (non-hydrogen) atoms. The zero-order valence-corrected chi connectivity index (χ0v) is 12.6. The Morgan fingerprint density at radius 1 is 1.35 bits per heavy atom. The predicted octanol–water partition coefficient (Wildman–Crippen LogP) is 2.50. The van der Waals surface area contributed by atoms with Crippen LogP contribution in [0.2, 0.25) is 0 Å². The lowest BCUT2D eigenvalue weighted by molar-refractivity contribution is -0.138. The molecule has 0 unspecified atom stereocenters. The molecule has 0 heterocycles. The Hall–Kier alpha value is -1.56. The fraction of sp³-hybridized carbons (Fsp3) is 0.429. The summed E-state index contributed by atoms with van der Waals surface area (Å²) in [7, 11) is 0. The fourth-order valence-corrected chi connectivity index (χ4v) is 2.99. The molecule has 0 aliphatic heterocycles. The third kappa shape index (κ3) is 3.30. The van der Waals surface area contributed by atoms with Gasteiger partial charge >= 0.3 is 5.97 Å². The molecule has 0 radical (unpaired) electrons. The van der Waals surface area contributed by atoms with Gasteiger partial charge in [0.05, 0.1) is 5.56 Å². The van der Waals surface area contributed by atoms with Gasteiger partial charge in [0.15, 0.2) is 0 Å². The average molecular weight is 341 g/mol. The molecule has 2 rings (SSSR count). The first-order valence-corrected chi connectivity index (χ1v) is 7.36. The zero-order valence-electron chi connectivity index (χ0n) is 11.0. The number of amides is 1. The fourth-order valence-electron chi connectivity index (χ4n) is 2.61. The number of hydrogen-bond acceptors (Lipinski definition) is 3. The Bertz CT molecular complexity index is 527. The summed E-state index contributed by atoms with van der Waals surface area (Å²) >= 11 is 3.29. The average Bonchev–Trinajstić information content (AvgIpc) is 2.88. The first-order valence-electron chi connectivity index (χ1n) is 6.57. The maximum absolute atomic E-state index is 12.6. The molecular weight excluding hydrogens is 324 g/mol. The van der Waals surface area contributed by atoms with Gasteiger partial charge in [-0.25, -0.2) is 0 Å². The summed E-state index contributed by atoms with van der Waals surface area (Å²) in [5.74, 6) is -1.30. The van der Waals surface area contributed by atoms with Crippen LogP contribution in [0.5, 0.6) is 0 Å². The van der Waals surface area contributed by atoms with Crippen molar-refractivity contribution in [2.24, 2.45) is 0 Å². The summed E-state index contributed by atoms with van der Waals surface area (Å²) in [5.41, 5.74) is 6.59. The third-order valence-electron chi connectivity index (χ3n) is 3.58. The maximum atomic E-state index is 12.6. The van der Waals surface area contributed by atoms with E-state index in [1.54, 1.807) is 18.2 Å². The minimum absolute atomic E-state index is 0.00152. The number of carbonyl (C=O) groups is 2. The van der Waals surface area contributed by atoms with E-state index in [4.69, 9.17) is 10.8 Å². The van der Waals surface area contributed by atoms with Gasteiger partial charge < -0.3 is 15.7 Å². The molecule has 0 bridgehead atoms. The van der Waals surface area contributed by atoms with Gasteiger partial charge in [0, 0.05) is 16.2 Å². The van der Waals surface area contributed by atoms with Gasteiger partial charge in [-0.3, -0.25) is 9.59 Å². The smallest absolute Gasteiger partial charge is 0.323 e. The molecule has 0 spiro atoms. The van der Waals surface area contributed by atoms with Gasteiger partial charge in [-0.15, -0.1) is 0 Å². The van der Waals surface area contributed by atoms with Gasteiger partial charge in [-0.1, -0.05) is 28.8 Å². The topological polar surface area (TPSA) is 83.6 Å². The van der Waals surface area contributed by atoms with Gasteiger partial charge in [-0.2, -0.15) is 0 Å². The van der Waals surface area contributed by atoms with Crippen molar-refractivity contribution in [3.8, 4) is 0 Å². The van der Waals surface area contributed by atoms with Crippen LogP contribution < -0.4 is 5.73 Å². The van der Waals surface area contributed by atoms with E-state index < -0.39 is 5.97 Å². The number of rotatable bonds is 4. The molecule has 1 amide bonds. The lowest BCUT2D eigenvalue weighted by atomic mass is 10.1. The van der Waals surface area contributed by atoms with Crippen LogP contribution in [0.15, 0.2) is 22.7 Å². The number of nitrogens with two attached hydrogens (primary N) is 1. The number of carboxylic acids is 1. The lowest BCUT2D eigenvalue weighted by Crippen LogP contribution is -2.42. The van der Waals surface area contributed by atoms with Gasteiger partial charge in [0.1, 0.15) is 6.54 Å². The van der Waals surface area contributed by atoms with Crippen molar-refractivity contribution < 1.29 is 14.7 Å². The third-order valence-corrected chi connectivity index (χ3v) is 4.07. The molecular formula is C14H17BrN2O3. The van der Waals surface area contributed by atoms with Crippen molar-refractivity contribution >= 4 is 33.5 Å². The van der Waals surface area contributed by atoms with Gasteiger partial charge in [0.25, 0.3) is 5.91 Å². The predicted molar refractivity (Wildman–Crippen MR) is 79.5 cm³/mol. The van der Waals surface area contributed by atoms with Gasteiger partial charge in [-0.05, 0) is 31.0 Å². The number of benzene rings is 1. The summed E-state index contributed by atoms with van der Waals surface area (Å²) in [5, 5.41) is 9.02. The zero-order chi connectivity index (χ0) is 14.7. The highest BCUT2D eigenvalue weighted by Gasteiger charge is 2.29. The van der Waals surface area contributed by atoms with E-state index in [9.17, 15) is 9.59 Å². The SMILES string of the molecule is Nc1cc(Br)ccc1C(=O)N(CC(=O)O)C1CCCC1. The van der Waals surface area contributed by atoms with Crippen molar-refractivity contribution in [3.05, 3.63) is 28.2 Å². The van der Waals surface area contributed by atoms with Crippen LogP contribution in [-0.4, -0.2) is 34.5 Å². The van der Waals surface area contributed by atoms with E-state index in [1.165, 1.54) is 4.90 Å². The molecule has 1 aliphatic rings. The van der Waals surface area contributed by atoms with Crippen molar-refractivity contribution in [2.75, 3.05) is 12.3 Å². The Kier molecular flexibility index (Phi) is 4.65. The molecule has 5 nitrogen and oxygen atoms in total. The van der Waals surface area contributed by atoms with Crippen molar-refractivity contribution in [2.45, 2.75) is 31.7 Å². The Balaban J connectivity index is 2.27. The van der Waals surface area contributed by atoms with E-state index in [-0.39, 0.29) is 18.5 Å². The summed E-state index contributed by atoms with van der Waals surface area (Å²) < 4.78 is 0.789. The highest BCUT2D eigenvalue weighted by Crippen LogP contribution is 2.27. The first kappa shape index (κ1) is 14.8. The molecule has 1 aromatic rings. The number of carbonyl (C=O) groups excluding carboxylic acids is 1. The van der Waals surface area contributed by atoms with Crippen LogP contribution in [0.4, 0.5) is 5.69 Å². The second-order valence-corrected chi connectivity index (χ2v) is 5.91. The second-order valence-electron chi connectivity index (χ2n) is 5.00. The van der Waals surface area contributed by atoms with E-state index in [0.29, 0.717) is 11.3 Å². The molecule has 1 saturated carbocycles. The van der Waals surface area contributed by atoms with Crippen LogP contribution in [0.1, 0.15) is 36.0 Å². The van der Waals surface area contributed by atoms with Crippen molar-refractivity contribution in [1.82, 2.24) is 4.90 Å². The normalized spacial score (nSPS) is 15.2. The molecule has 0 atom stereocenters. The highest BCUT2D eigenvalue weighted by atomic mass is 79.9. The molecule has 0 aromatic heterocycles. The number of nitrogens with zero attached hydrogens (tertiary/aromatic N) is 1. The Morgan fingerprint density at radius 2 is 2.00 bits per heavy atom. The van der Waals surface area contributed by atoms with E-state index in [2.05, 4.69) is 15.9 Å². The monoisotopic (exact) mass is 340 g/mol. The van der Waals surface area contributed by atoms with E-state index >= 15 is 0 Å². The number of nitrogen functional groups attached to an aromatic ring is 1. The summed E-state index contributed by atoms with van der Waals surface area (Å²) in [4.78, 5) is 25.0. The Morgan fingerprint density at radius 3 is 2.55 bits per heavy atom. The van der Waals surface area contributed by atoms with Crippen LogP contribution in [0.3, 0.4) is 0 Å². The summed E-state index contributed by atoms with van der Waals surface area (Å²) in [6.45, 7) is -0.279. The van der Waals surface area contributed by atoms with Crippen LogP contribution >= 0.6 is 15.9 Å². The maximum Gasteiger partial charge on any atom is 0.323 e. The second kappa shape index (κ2) is 6.26. The molecule has 6 heteroatoms. The van der Waals surface area contributed by atoms with E-state index in [0.717, 1.165) is 30.2 Å². The van der Waals surface area contributed by atoms with Crippen LogP contribution in [0, 0.1) is 0 Å². The van der Waals surface area contributed by atoms with Crippen LogP contribution in [-0.2, 0) is 4.79 Å². The number of anilines is 1. The molecule has 1 aromatic carbocycles. The Labute approximate surface area is 125 Å². The number of carboxylic acid groups (broad SMARTS) is 1. The quantitative estimate of drug-likeness (QED) is 0.825. The lowest BCUT2D eigenvalue weighted by Gasteiger charge is -2.27. The molecule has 3 N–H and O–H groups in total. The minimum Gasteiger partial charge on any atom is -0.480 e. The molecule has 1 aliphatic carbocycles. The standard InChI is InChI=1S/C14H17BrN2O3/c15-9-5-6-11(12(16)7-9)14(20)17(8-13(18)19)10-3-1-2-4-10/h5-7,10H,1-4,8,16H2,(H,18,19). The molecule has 1 fully saturated rings. The van der Waals surface area contributed by atoms with Crippen molar-refractivity contribution in [1.29, 1.82) is 0 Å². The number of halogens is 1. The molecule has 0 saturated heterocycles. The minimum atomic E-state index is -0.999. The largest absolute Gasteiger partial charge is 0.480 e. The van der Waals surface area contributed by atoms with Crippen molar-refractivity contribution in [3.63, 3.8) is 0 Å². The summed E-state index contributed by atoms with van der Waals surface area (Å²) in [6.07, 6.45) is 3.78. The number of aliphatic carboxylic acids is 1. The first-order chi connectivity index (χ1) is 9.49. The highest BCUT2D eigenvalue weighted by molar-refractivity contribution is 9.10. The van der Waals surface area contributed by atoms with Gasteiger partial charge in [0.2, 0.25) is 0 Å². The summed E-state index contributed by atoms with van der Waals surface area (Å²) in [6, 6.07) is 5.02. The van der Waals surface area contributed by atoms with E-state index in [1.807, 2.05) is 0 Å². The van der Waals surface area contributed by atoms with Crippen LogP contribution in [0.25, 0.3) is 0 Å². The molecule has 108 valence electrons.